The molecular formula is C7H12NO3S-. The van der Waals surface area contributed by atoms with Gasteiger partial charge in [0.05, 0.1) is 5.88 Å². The van der Waals surface area contributed by atoms with E-state index in [0.717, 1.165) is 32.2 Å². The van der Waals surface area contributed by atoms with Crippen molar-refractivity contribution in [2.75, 3.05) is 19.0 Å². The lowest BCUT2D eigenvalue weighted by atomic mass is 9.99. The summed E-state index contributed by atoms with van der Waals surface area (Å²) in [6.45, 7) is 1.44. The van der Waals surface area contributed by atoms with Crippen LogP contribution in [0, 0.1) is 5.92 Å². The lowest BCUT2D eigenvalue weighted by molar-refractivity contribution is -0.112. The maximum atomic E-state index is 10.3. The van der Waals surface area contributed by atoms with Crippen LogP contribution in [0.1, 0.15) is 12.8 Å². The smallest absolute Gasteiger partial charge is 0.123 e. The molecule has 1 unspecified atom stereocenters. The molecule has 0 radical (unpaired) electrons. The number of rotatable bonds is 3. The van der Waals surface area contributed by atoms with Gasteiger partial charge >= 0.3 is 0 Å². The van der Waals surface area contributed by atoms with Gasteiger partial charge in [-0.25, -0.2) is 0 Å². The van der Waals surface area contributed by atoms with Crippen LogP contribution in [-0.2, 0) is 15.9 Å². The third kappa shape index (κ3) is 3.00. The number of hydrogen-bond donors (Lipinski definition) is 0. The van der Waals surface area contributed by atoms with Crippen molar-refractivity contribution < 1.29 is 13.6 Å². The van der Waals surface area contributed by atoms with Crippen LogP contribution in [0.3, 0.4) is 0 Å². The van der Waals surface area contributed by atoms with Gasteiger partial charge in [0.25, 0.3) is 0 Å². The van der Waals surface area contributed by atoms with Crippen molar-refractivity contribution >= 4 is 17.4 Å². The maximum absolute atomic E-state index is 10.3. The van der Waals surface area contributed by atoms with Crippen molar-refractivity contribution in [2.24, 2.45) is 5.92 Å². The number of aldehydes is 1. The summed E-state index contributed by atoms with van der Waals surface area (Å²) in [5.74, 6) is 0.243. The van der Waals surface area contributed by atoms with Gasteiger partial charge in [-0.2, -0.15) is 0 Å². The highest BCUT2D eigenvalue weighted by Crippen LogP contribution is 2.14. The number of carbonyl (C=O) groups excluding carboxylic acids is 1. The molecule has 0 N–H and O–H groups in total. The standard InChI is InChI=1S/C7H13NO3S/c9-5-7-1-3-8(4-2-7)6-12(10)11/h5,7H,1-4,6H2,(H,10,11)/p-1. The van der Waals surface area contributed by atoms with Crippen molar-refractivity contribution in [3.8, 4) is 0 Å². The van der Waals surface area contributed by atoms with Crippen molar-refractivity contribution in [3.63, 3.8) is 0 Å². The molecule has 1 atom stereocenters. The molecule has 0 aliphatic carbocycles. The molecule has 1 aliphatic heterocycles. The van der Waals surface area contributed by atoms with Crippen LogP contribution in [0.4, 0.5) is 0 Å². The molecule has 0 aromatic carbocycles. The summed E-state index contributed by atoms with van der Waals surface area (Å²) in [4.78, 5) is 12.2. The van der Waals surface area contributed by atoms with E-state index >= 15 is 0 Å². The lowest BCUT2D eigenvalue weighted by Crippen LogP contribution is -2.36. The SMILES string of the molecule is O=CC1CCN(CS(=O)[O-])CC1. The van der Waals surface area contributed by atoms with Crippen molar-refractivity contribution in [3.05, 3.63) is 0 Å². The molecule has 70 valence electrons. The van der Waals surface area contributed by atoms with Crippen LogP contribution < -0.4 is 0 Å². The van der Waals surface area contributed by atoms with E-state index in [9.17, 15) is 13.6 Å². The zero-order valence-corrected chi connectivity index (χ0v) is 7.59. The topological polar surface area (TPSA) is 60.4 Å². The normalized spacial score (nSPS) is 23.8. The monoisotopic (exact) mass is 190 g/mol. The first kappa shape index (κ1) is 9.83. The van der Waals surface area contributed by atoms with Gasteiger partial charge < -0.3 is 9.35 Å². The summed E-state index contributed by atoms with van der Waals surface area (Å²) in [6.07, 6.45) is 2.55. The highest BCUT2D eigenvalue weighted by molar-refractivity contribution is 7.79. The minimum absolute atomic E-state index is 0.103. The van der Waals surface area contributed by atoms with E-state index in [0.29, 0.717) is 0 Å². The van der Waals surface area contributed by atoms with Crippen LogP contribution in [-0.4, -0.2) is 38.9 Å². The fourth-order valence-electron chi connectivity index (χ4n) is 1.37. The second kappa shape index (κ2) is 4.69. The fraction of sp³-hybridized carbons (Fsp3) is 0.857. The molecule has 4 nitrogen and oxygen atoms in total. The van der Waals surface area contributed by atoms with E-state index in [4.69, 9.17) is 0 Å². The molecule has 0 saturated carbocycles. The second-order valence-electron chi connectivity index (χ2n) is 3.02. The highest BCUT2D eigenvalue weighted by Gasteiger charge is 2.17. The zero-order chi connectivity index (χ0) is 8.97. The molecule has 0 aromatic rings. The highest BCUT2D eigenvalue weighted by atomic mass is 32.2. The van der Waals surface area contributed by atoms with Crippen molar-refractivity contribution in [1.29, 1.82) is 0 Å². The van der Waals surface area contributed by atoms with E-state index in [1.165, 1.54) is 0 Å². The second-order valence-corrected chi connectivity index (χ2v) is 3.89. The third-order valence-corrected chi connectivity index (χ3v) is 2.69. The van der Waals surface area contributed by atoms with Crippen LogP contribution in [0.25, 0.3) is 0 Å². The van der Waals surface area contributed by atoms with E-state index in [1.807, 2.05) is 4.90 Å². The van der Waals surface area contributed by atoms with Crippen LogP contribution >= 0.6 is 0 Å². The van der Waals surface area contributed by atoms with Crippen molar-refractivity contribution in [1.82, 2.24) is 4.90 Å². The molecule has 1 heterocycles. The molecule has 1 fully saturated rings. The van der Waals surface area contributed by atoms with Gasteiger partial charge in [-0.1, -0.05) is 0 Å². The molecule has 5 heteroatoms. The van der Waals surface area contributed by atoms with Crippen LogP contribution in [0.15, 0.2) is 0 Å². The maximum Gasteiger partial charge on any atom is 0.123 e. The van der Waals surface area contributed by atoms with Gasteiger partial charge in [0.2, 0.25) is 0 Å². The summed E-state index contributed by atoms with van der Waals surface area (Å²) in [6, 6.07) is 0. The number of hydrogen-bond acceptors (Lipinski definition) is 4. The van der Waals surface area contributed by atoms with E-state index in [-0.39, 0.29) is 11.8 Å². The van der Waals surface area contributed by atoms with Gasteiger partial charge in [-0.3, -0.25) is 9.11 Å². The van der Waals surface area contributed by atoms with Gasteiger partial charge in [-0.15, -0.1) is 0 Å². The Morgan fingerprint density at radius 3 is 2.50 bits per heavy atom. The predicted octanol–water partition coefficient (Wildman–Crippen LogP) is -0.266. The Hall–Kier alpha value is -0.260. The van der Waals surface area contributed by atoms with Gasteiger partial charge in [0, 0.05) is 5.92 Å². The Balaban J connectivity index is 2.26. The quantitative estimate of drug-likeness (QED) is 0.454. The summed E-state index contributed by atoms with van der Waals surface area (Å²) in [5, 5.41) is 0. The number of likely N-dealkylation sites (tertiary alicyclic amines) is 1. The van der Waals surface area contributed by atoms with Crippen LogP contribution in [0.2, 0.25) is 0 Å². The molecule has 1 rings (SSSR count). The summed E-state index contributed by atoms with van der Waals surface area (Å²) in [7, 11) is 0. The molecular weight excluding hydrogens is 178 g/mol. The Kier molecular flexibility index (Phi) is 3.84. The lowest BCUT2D eigenvalue weighted by Gasteiger charge is -2.29. The van der Waals surface area contributed by atoms with Gasteiger partial charge in [-0.05, 0) is 37.0 Å². The van der Waals surface area contributed by atoms with Gasteiger partial charge in [0.15, 0.2) is 0 Å². The molecule has 1 saturated heterocycles. The number of carbonyl (C=O) groups is 1. The summed E-state index contributed by atoms with van der Waals surface area (Å²) < 4.78 is 20.6. The minimum atomic E-state index is -1.99. The zero-order valence-electron chi connectivity index (χ0n) is 6.77. The van der Waals surface area contributed by atoms with E-state index < -0.39 is 11.1 Å². The number of piperidine rings is 1. The Labute approximate surface area is 74.2 Å². The van der Waals surface area contributed by atoms with E-state index in [1.54, 1.807) is 0 Å². The molecule has 1 aliphatic rings. The first-order valence-corrected chi connectivity index (χ1v) is 5.20. The Morgan fingerprint density at radius 2 is 2.08 bits per heavy atom. The molecule has 0 spiro atoms. The van der Waals surface area contributed by atoms with Crippen molar-refractivity contribution in [2.45, 2.75) is 12.8 Å². The Morgan fingerprint density at radius 1 is 1.50 bits per heavy atom. The fourth-order valence-corrected chi connectivity index (χ4v) is 1.92. The summed E-state index contributed by atoms with van der Waals surface area (Å²) in [5.41, 5.74) is 0. The first-order chi connectivity index (χ1) is 5.72. The number of nitrogens with zero attached hydrogens (tertiary/aromatic N) is 1. The average Bonchev–Trinajstić information content (AvgIpc) is 2.05. The molecule has 0 bridgehead atoms. The average molecular weight is 190 g/mol. The van der Waals surface area contributed by atoms with Crippen LogP contribution in [0.5, 0.6) is 0 Å². The first-order valence-electron chi connectivity index (χ1n) is 3.96. The Bertz CT molecular complexity index is 177. The minimum Gasteiger partial charge on any atom is -0.771 e. The molecule has 0 aromatic heterocycles. The molecule has 12 heavy (non-hydrogen) atoms. The molecule has 0 amide bonds. The van der Waals surface area contributed by atoms with E-state index in [2.05, 4.69) is 0 Å². The third-order valence-electron chi connectivity index (χ3n) is 2.11. The predicted molar refractivity (Wildman–Crippen MR) is 44.1 cm³/mol. The largest absolute Gasteiger partial charge is 0.771 e. The summed E-state index contributed by atoms with van der Waals surface area (Å²) >= 11 is -1.99. The van der Waals surface area contributed by atoms with Gasteiger partial charge in [0.1, 0.15) is 6.29 Å².